The topological polar surface area (TPSA) is 43.9 Å². The van der Waals surface area contributed by atoms with Crippen molar-refractivity contribution in [2.45, 2.75) is 60.3 Å². The summed E-state index contributed by atoms with van der Waals surface area (Å²) in [5, 5.41) is 2.23. The third kappa shape index (κ3) is 3.50. The molecule has 0 saturated carbocycles. The SMILES string of the molecule is Cc1nc(C)c2c(nc(-c3cccc4c3oc3ccccc34)n2-c2c(C(C)C)cccc2C(C)C)c1C. The van der Waals surface area contributed by atoms with Gasteiger partial charge in [-0.2, -0.15) is 0 Å². The minimum atomic E-state index is 0.348. The summed E-state index contributed by atoms with van der Waals surface area (Å²) >= 11 is 0. The second-order valence-electron chi connectivity index (χ2n) is 10.8. The lowest BCUT2D eigenvalue weighted by Gasteiger charge is -2.23. The molecule has 0 bridgehead atoms. The fourth-order valence-corrected chi connectivity index (χ4v) is 5.67. The van der Waals surface area contributed by atoms with Crippen LogP contribution in [0.25, 0.3) is 50.0 Å². The highest BCUT2D eigenvalue weighted by Gasteiger charge is 2.26. The number of furan rings is 1. The van der Waals surface area contributed by atoms with Crippen LogP contribution in [0.15, 0.2) is 65.1 Å². The van der Waals surface area contributed by atoms with E-state index in [4.69, 9.17) is 14.4 Å². The fourth-order valence-electron chi connectivity index (χ4n) is 5.67. The van der Waals surface area contributed by atoms with Crippen LogP contribution in [-0.2, 0) is 0 Å². The minimum Gasteiger partial charge on any atom is -0.455 e. The first-order valence-electron chi connectivity index (χ1n) is 13.2. The van der Waals surface area contributed by atoms with Crippen LogP contribution in [-0.4, -0.2) is 14.5 Å². The molecule has 0 amide bonds. The van der Waals surface area contributed by atoms with Gasteiger partial charge in [0.25, 0.3) is 0 Å². The first-order valence-corrected chi connectivity index (χ1v) is 13.2. The summed E-state index contributed by atoms with van der Waals surface area (Å²) in [5.74, 6) is 1.59. The molecule has 6 rings (SSSR count). The molecule has 37 heavy (non-hydrogen) atoms. The van der Waals surface area contributed by atoms with Gasteiger partial charge >= 0.3 is 0 Å². The van der Waals surface area contributed by atoms with E-state index in [1.54, 1.807) is 0 Å². The first kappa shape index (κ1) is 23.5. The zero-order valence-corrected chi connectivity index (χ0v) is 22.7. The zero-order valence-electron chi connectivity index (χ0n) is 22.7. The molecule has 0 atom stereocenters. The molecule has 3 aromatic carbocycles. The average molecular weight is 488 g/mol. The van der Waals surface area contributed by atoms with Crippen molar-refractivity contribution in [2.24, 2.45) is 0 Å². The molecule has 0 aliphatic rings. The Hall–Kier alpha value is -3.92. The second kappa shape index (κ2) is 8.58. The van der Waals surface area contributed by atoms with Crippen LogP contribution >= 0.6 is 0 Å². The summed E-state index contributed by atoms with van der Waals surface area (Å²) in [6, 6.07) is 21.3. The van der Waals surface area contributed by atoms with Gasteiger partial charge in [0, 0.05) is 16.5 Å². The van der Waals surface area contributed by atoms with Gasteiger partial charge in [-0.25, -0.2) is 4.98 Å². The van der Waals surface area contributed by atoms with Gasteiger partial charge in [0.15, 0.2) is 0 Å². The molecule has 0 N–H and O–H groups in total. The molecule has 3 aromatic heterocycles. The normalized spacial score (nSPS) is 12.1. The maximum atomic E-state index is 6.50. The molecule has 6 aromatic rings. The number of hydrogen-bond donors (Lipinski definition) is 0. The quantitative estimate of drug-likeness (QED) is 0.249. The Bertz CT molecular complexity index is 1790. The number of aryl methyl sites for hydroxylation is 3. The molecule has 3 heterocycles. The van der Waals surface area contributed by atoms with E-state index in [9.17, 15) is 0 Å². The molecule has 4 heteroatoms. The van der Waals surface area contributed by atoms with Gasteiger partial charge in [0.1, 0.15) is 17.0 Å². The third-order valence-electron chi connectivity index (χ3n) is 7.66. The lowest BCUT2D eigenvalue weighted by atomic mass is 9.92. The first-order chi connectivity index (χ1) is 17.8. The van der Waals surface area contributed by atoms with E-state index in [0.717, 1.165) is 61.3 Å². The maximum absolute atomic E-state index is 6.50. The van der Waals surface area contributed by atoms with Crippen LogP contribution in [0.2, 0.25) is 0 Å². The van der Waals surface area contributed by atoms with E-state index in [1.807, 2.05) is 12.1 Å². The Morgan fingerprint density at radius 2 is 1.35 bits per heavy atom. The summed E-state index contributed by atoms with van der Waals surface area (Å²) in [4.78, 5) is 10.3. The van der Waals surface area contributed by atoms with Crippen molar-refractivity contribution in [3.8, 4) is 17.1 Å². The Morgan fingerprint density at radius 1 is 0.703 bits per heavy atom. The van der Waals surface area contributed by atoms with E-state index in [1.165, 1.54) is 16.8 Å². The van der Waals surface area contributed by atoms with E-state index >= 15 is 0 Å². The lowest BCUT2D eigenvalue weighted by molar-refractivity contribution is 0.669. The van der Waals surface area contributed by atoms with Gasteiger partial charge in [0.2, 0.25) is 0 Å². The van der Waals surface area contributed by atoms with Crippen LogP contribution in [0, 0.1) is 20.8 Å². The molecule has 0 aliphatic heterocycles. The standard InChI is InChI=1S/C33H33N3O/c1-18(2)23-13-10-14-24(19(3)4)31(23)36-30-22(7)34-21(6)20(5)29(30)35-33(36)27-16-11-15-26-25-12-8-9-17-28(25)37-32(26)27/h8-19H,1-7H3. The van der Waals surface area contributed by atoms with E-state index in [-0.39, 0.29) is 0 Å². The summed E-state index contributed by atoms with van der Waals surface area (Å²) in [5.41, 5.74) is 11.8. The molecular weight excluding hydrogens is 454 g/mol. The molecule has 0 fully saturated rings. The van der Waals surface area contributed by atoms with Crippen LogP contribution in [0.3, 0.4) is 0 Å². The lowest BCUT2D eigenvalue weighted by Crippen LogP contribution is -2.09. The predicted molar refractivity (Wildman–Crippen MR) is 154 cm³/mol. The van der Waals surface area contributed by atoms with Crippen molar-refractivity contribution >= 4 is 33.0 Å². The van der Waals surface area contributed by atoms with Crippen LogP contribution in [0.4, 0.5) is 0 Å². The molecule has 186 valence electrons. The van der Waals surface area contributed by atoms with E-state index in [0.29, 0.717) is 11.8 Å². The predicted octanol–water partition coefficient (Wildman–Crippen LogP) is 9.16. The van der Waals surface area contributed by atoms with Crippen molar-refractivity contribution in [3.63, 3.8) is 0 Å². The fraction of sp³-hybridized carbons (Fsp3) is 0.273. The monoisotopic (exact) mass is 487 g/mol. The maximum Gasteiger partial charge on any atom is 0.149 e. The smallest absolute Gasteiger partial charge is 0.149 e. The van der Waals surface area contributed by atoms with Crippen LogP contribution < -0.4 is 0 Å². The number of benzene rings is 3. The second-order valence-corrected chi connectivity index (χ2v) is 10.8. The van der Waals surface area contributed by atoms with Gasteiger partial charge in [0.05, 0.1) is 28.0 Å². The average Bonchev–Trinajstić information content (AvgIpc) is 3.46. The molecular formula is C33H33N3O. The number of hydrogen-bond acceptors (Lipinski definition) is 3. The Morgan fingerprint density at radius 3 is 2.05 bits per heavy atom. The summed E-state index contributed by atoms with van der Waals surface area (Å²) in [6.45, 7) is 15.4. The van der Waals surface area contributed by atoms with Crippen molar-refractivity contribution in [1.29, 1.82) is 0 Å². The van der Waals surface area contributed by atoms with Crippen molar-refractivity contribution in [1.82, 2.24) is 14.5 Å². The van der Waals surface area contributed by atoms with Gasteiger partial charge in [-0.15, -0.1) is 0 Å². The number of imidazole rings is 1. The number of nitrogens with zero attached hydrogens (tertiary/aromatic N) is 3. The third-order valence-corrected chi connectivity index (χ3v) is 7.66. The highest BCUT2D eigenvalue weighted by Crippen LogP contribution is 2.41. The van der Waals surface area contributed by atoms with Crippen LogP contribution in [0.5, 0.6) is 0 Å². The molecule has 4 nitrogen and oxygen atoms in total. The summed E-state index contributed by atoms with van der Waals surface area (Å²) in [6.07, 6.45) is 0. The number of para-hydroxylation sites is 3. The molecule has 0 aliphatic carbocycles. The van der Waals surface area contributed by atoms with Gasteiger partial charge < -0.3 is 4.42 Å². The Kier molecular flexibility index (Phi) is 5.45. The van der Waals surface area contributed by atoms with E-state index < -0.39 is 0 Å². The number of aromatic nitrogens is 3. The van der Waals surface area contributed by atoms with Crippen molar-refractivity contribution in [2.75, 3.05) is 0 Å². The largest absolute Gasteiger partial charge is 0.455 e. The van der Waals surface area contributed by atoms with Crippen molar-refractivity contribution in [3.05, 3.63) is 88.7 Å². The highest BCUT2D eigenvalue weighted by atomic mass is 16.3. The number of pyridine rings is 1. The number of fused-ring (bicyclic) bond motifs is 4. The summed E-state index contributed by atoms with van der Waals surface area (Å²) in [7, 11) is 0. The minimum absolute atomic E-state index is 0.348. The molecule has 0 unspecified atom stereocenters. The molecule has 0 radical (unpaired) electrons. The number of rotatable bonds is 4. The van der Waals surface area contributed by atoms with Gasteiger partial charge in [-0.3, -0.25) is 9.55 Å². The van der Waals surface area contributed by atoms with Crippen molar-refractivity contribution < 1.29 is 4.42 Å². The molecule has 0 saturated heterocycles. The van der Waals surface area contributed by atoms with E-state index in [2.05, 4.69) is 102 Å². The van der Waals surface area contributed by atoms with Gasteiger partial charge in [-0.05, 0) is 61.4 Å². The molecule has 0 spiro atoms. The van der Waals surface area contributed by atoms with Gasteiger partial charge in [-0.1, -0.05) is 76.2 Å². The Balaban J connectivity index is 1.83. The Labute approximate surface area is 218 Å². The summed E-state index contributed by atoms with van der Waals surface area (Å²) < 4.78 is 8.87. The van der Waals surface area contributed by atoms with Crippen LogP contribution in [0.1, 0.15) is 67.6 Å². The zero-order chi connectivity index (χ0) is 26.0. The highest BCUT2D eigenvalue weighted by molar-refractivity contribution is 6.09.